The minimum Gasteiger partial charge on any atom is -0.288 e. The van der Waals surface area contributed by atoms with Crippen molar-refractivity contribution in [3.8, 4) is 11.8 Å². The van der Waals surface area contributed by atoms with E-state index in [1.165, 1.54) is 35.4 Å². The average Bonchev–Trinajstić information content (AvgIpc) is 2.63. The molecule has 1 aliphatic rings. The summed E-state index contributed by atoms with van der Waals surface area (Å²) in [7, 11) is -3.48. The van der Waals surface area contributed by atoms with Gasteiger partial charge in [-0.3, -0.25) is 4.90 Å². The average molecular weight is 372 g/mol. The molecule has 0 saturated heterocycles. The largest absolute Gasteiger partial charge is 0.288 e. The summed E-state index contributed by atoms with van der Waals surface area (Å²) >= 11 is 0. The molecule has 6 heteroatoms. The predicted octanol–water partition coefficient (Wildman–Crippen LogP) is 2.31. The maximum atomic E-state index is 12.9. The third-order valence-electron chi connectivity index (χ3n) is 4.29. The smallest absolute Gasteiger partial charge is 0.216 e. The molecule has 4 nitrogen and oxygen atoms in total. The van der Waals surface area contributed by atoms with E-state index in [1.807, 2.05) is 6.07 Å². The maximum absolute atomic E-state index is 12.9. The summed E-state index contributed by atoms with van der Waals surface area (Å²) < 4.78 is 39.3. The molecule has 1 N–H and O–H groups in total. The zero-order valence-corrected chi connectivity index (χ0v) is 15.2. The van der Waals surface area contributed by atoms with Gasteiger partial charge >= 0.3 is 0 Å². The Balaban J connectivity index is 1.44. The van der Waals surface area contributed by atoms with E-state index in [1.54, 1.807) is 0 Å². The van der Waals surface area contributed by atoms with Gasteiger partial charge in [0, 0.05) is 13.1 Å². The normalized spacial score (nSPS) is 14.3. The lowest BCUT2D eigenvalue weighted by Gasteiger charge is -2.26. The molecule has 0 radical (unpaired) electrons. The topological polar surface area (TPSA) is 49.4 Å². The Morgan fingerprint density at radius 1 is 1.04 bits per heavy atom. The molecule has 0 aromatic heterocycles. The van der Waals surface area contributed by atoms with Gasteiger partial charge in [-0.2, -0.15) is 0 Å². The van der Waals surface area contributed by atoms with Crippen LogP contribution < -0.4 is 4.72 Å². The van der Waals surface area contributed by atoms with Crippen molar-refractivity contribution in [1.29, 1.82) is 0 Å². The lowest BCUT2D eigenvalue weighted by atomic mass is 10.0. The van der Waals surface area contributed by atoms with Crippen LogP contribution in [0.3, 0.4) is 0 Å². The van der Waals surface area contributed by atoms with Gasteiger partial charge in [-0.1, -0.05) is 48.2 Å². The van der Waals surface area contributed by atoms with Gasteiger partial charge in [0.25, 0.3) is 0 Å². The first-order valence-corrected chi connectivity index (χ1v) is 10.1. The monoisotopic (exact) mass is 372 g/mol. The van der Waals surface area contributed by atoms with Crippen LogP contribution in [0, 0.1) is 17.7 Å². The lowest BCUT2D eigenvalue weighted by Crippen LogP contribution is -2.31. The zero-order valence-electron chi connectivity index (χ0n) is 14.4. The lowest BCUT2D eigenvalue weighted by molar-refractivity contribution is 0.286. The maximum Gasteiger partial charge on any atom is 0.216 e. The summed E-state index contributed by atoms with van der Waals surface area (Å²) in [5, 5.41) is 0. The number of fused-ring (bicyclic) bond motifs is 1. The first-order chi connectivity index (χ1) is 12.5. The van der Waals surface area contributed by atoms with Crippen molar-refractivity contribution in [3.05, 3.63) is 71.0 Å². The Morgan fingerprint density at radius 2 is 1.77 bits per heavy atom. The molecule has 0 saturated carbocycles. The highest BCUT2D eigenvalue weighted by atomic mass is 32.2. The van der Waals surface area contributed by atoms with Crippen LogP contribution in [0.15, 0.2) is 48.5 Å². The molecule has 0 aliphatic carbocycles. The second kappa shape index (κ2) is 8.45. The molecule has 0 spiro atoms. The van der Waals surface area contributed by atoms with Crippen LogP contribution in [0.2, 0.25) is 0 Å². The number of sulfonamides is 1. The fourth-order valence-electron chi connectivity index (χ4n) is 2.92. The molecule has 0 amide bonds. The quantitative estimate of drug-likeness (QED) is 0.820. The molecule has 0 atom stereocenters. The highest BCUT2D eigenvalue weighted by Crippen LogP contribution is 2.17. The van der Waals surface area contributed by atoms with Crippen LogP contribution in [-0.4, -0.2) is 33.0 Å². The first kappa shape index (κ1) is 18.6. The summed E-state index contributed by atoms with van der Waals surface area (Å²) in [5.74, 6) is 5.33. The first-order valence-electron chi connectivity index (χ1n) is 8.48. The minimum atomic E-state index is -3.48. The van der Waals surface area contributed by atoms with E-state index < -0.39 is 10.0 Å². The van der Waals surface area contributed by atoms with Crippen molar-refractivity contribution in [2.45, 2.75) is 18.7 Å². The Morgan fingerprint density at radius 3 is 2.54 bits per heavy atom. The van der Waals surface area contributed by atoms with Crippen molar-refractivity contribution in [1.82, 2.24) is 9.62 Å². The van der Waals surface area contributed by atoms with E-state index in [-0.39, 0.29) is 18.1 Å². The Bertz CT molecular complexity index is 915. The summed E-state index contributed by atoms with van der Waals surface area (Å²) in [6.45, 7) is 2.53. The van der Waals surface area contributed by atoms with E-state index in [2.05, 4.69) is 39.7 Å². The zero-order chi connectivity index (χ0) is 18.4. The second-order valence-corrected chi connectivity index (χ2v) is 8.10. The van der Waals surface area contributed by atoms with E-state index >= 15 is 0 Å². The number of hydrogen-bond donors (Lipinski definition) is 1. The number of halogens is 1. The van der Waals surface area contributed by atoms with Crippen molar-refractivity contribution in [2.75, 3.05) is 19.6 Å². The van der Waals surface area contributed by atoms with E-state index in [0.29, 0.717) is 12.1 Å². The summed E-state index contributed by atoms with van der Waals surface area (Å²) in [6.07, 6.45) is 1.02. The molecule has 2 aromatic rings. The predicted molar refractivity (Wildman–Crippen MR) is 100 cm³/mol. The summed E-state index contributed by atoms with van der Waals surface area (Å²) in [5.41, 5.74) is 3.27. The van der Waals surface area contributed by atoms with Crippen molar-refractivity contribution >= 4 is 10.0 Å². The van der Waals surface area contributed by atoms with Crippen LogP contribution in [0.1, 0.15) is 16.7 Å². The number of benzene rings is 2. The molecule has 0 fully saturated rings. The van der Waals surface area contributed by atoms with Gasteiger partial charge in [-0.25, -0.2) is 17.5 Å². The minimum absolute atomic E-state index is 0.0773. The fraction of sp³-hybridized carbons (Fsp3) is 0.300. The number of rotatable bonds is 5. The second-order valence-electron chi connectivity index (χ2n) is 6.29. The fourth-order valence-corrected chi connectivity index (χ4v) is 3.94. The molecule has 1 aliphatic heterocycles. The molecular weight excluding hydrogens is 351 g/mol. The highest BCUT2D eigenvalue weighted by Gasteiger charge is 2.14. The van der Waals surface area contributed by atoms with Gasteiger partial charge in [-0.05, 0) is 35.2 Å². The number of hydrogen-bond acceptors (Lipinski definition) is 3. The third-order valence-corrected chi connectivity index (χ3v) is 5.59. The van der Waals surface area contributed by atoms with Gasteiger partial charge in [0.15, 0.2) is 0 Å². The third kappa shape index (κ3) is 5.40. The molecule has 3 rings (SSSR count). The van der Waals surface area contributed by atoms with Gasteiger partial charge in [0.05, 0.1) is 18.8 Å². The van der Waals surface area contributed by atoms with Crippen LogP contribution in [0.25, 0.3) is 0 Å². The van der Waals surface area contributed by atoms with Crippen LogP contribution in [0.4, 0.5) is 4.39 Å². The Hall–Kier alpha value is -2.20. The molecule has 2 aromatic carbocycles. The number of nitrogens with zero attached hydrogens (tertiary/aromatic N) is 1. The molecule has 0 unspecified atom stereocenters. The van der Waals surface area contributed by atoms with E-state index in [0.717, 1.165) is 19.5 Å². The standard InChI is InChI=1S/C20H21FN2O2S/c21-20-9-7-17(8-10-20)16-26(24,25)22-12-3-4-13-23-14-11-18-5-1-2-6-19(18)15-23/h1-2,5-10,22H,11-16H2. The van der Waals surface area contributed by atoms with Gasteiger partial charge in [0.2, 0.25) is 10.0 Å². The molecule has 26 heavy (non-hydrogen) atoms. The van der Waals surface area contributed by atoms with Crippen LogP contribution >= 0.6 is 0 Å². The van der Waals surface area contributed by atoms with E-state index in [4.69, 9.17) is 0 Å². The molecule has 136 valence electrons. The van der Waals surface area contributed by atoms with Crippen molar-refractivity contribution in [3.63, 3.8) is 0 Å². The van der Waals surface area contributed by atoms with Crippen LogP contribution in [-0.2, 0) is 28.7 Å². The Kier molecular flexibility index (Phi) is 6.04. The Labute approximate surface area is 154 Å². The van der Waals surface area contributed by atoms with Gasteiger partial charge in [-0.15, -0.1) is 0 Å². The molecule has 1 heterocycles. The van der Waals surface area contributed by atoms with Crippen LogP contribution in [0.5, 0.6) is 0 Å². The summed E-state index contributed by atoms with van der Waals surface area (Å²) in [4.78, 5) is 2.25. The molecular formula is C20H21FN2O2S. The van der Waals surface area contributed by atoms with Crippen molar-refractivity contribution in [2.24, 2.45) is 0 Å². The highest BCUT2D eigenvalue weighted by molar-refractivity contribution is 7.88. The SMILES string of the molecule is O=S(=O)(Cc1ccc(F)cc1)NCC#CCN1CCc2ccccc2C1. The van der Waals surface area contributed by atoms with Gasteiger partial charge < -0.3 is 0 Å². The molecule has 0 bridgehead atoms. The summed E-state index contributed by atoms with van der Waals surface area (Å²) in [6, 6.07) is 13.8. The number of nitrogens with one attached hydrogen (secondary N) is 1. The van der Waals surface area contributed by atoms with Crippen molar-refractivity contribution < 1.29 is 12.8 Å². The van der Waals surface area contributed by atoms with E-state index in [9.17, 15) is 12.8 Å². The van der Waals surface area contributed by atoms with Gasteiger partial charge in [0.1, 0.15) is 5.82 Å².